The summed E-state index contributed by atoms with van der Waals surface area (Å²) in [4.78, 5) is 15.7. The summed E-state index contributed by atoms with van der Waals surface area (Å²) >= 11 is 5.80. The molecule has 102 valence electrons. The smallest absolute Gasteiger partial charge is 0.226 e. The first-order valence-corrected chi connectivity index (χ1v) is 6.24. The number of hydrogen-bond donors (Lipinski definition) is 2. The second-order valence-electron chi connectivity index (χ2n) is 4.09. The SMILES string of the molecule is N#Cc1nccn1CCC(=O)Nc1ccc(Cl)c(N)c1. The number of nitrogens with two attached hydrogens (primary N) is 1. The van der Waals surface area contributed by atoms with E-state index in [-0.39, 0.29) is 18.2 Å². The molecule has 0 unspecified atom stereocenters. The Labute approximate surface area is 120 Å². The third-order valence-electron chi connectivity index (χ3n) is 2.68. The maximum Gasteiger partial charge on any atom is 0.226 e. The molecule has 6 nitrogen and oxygen atoms in total. The van der Waals surface area contributed by atoms with Crippen LogP contribution >= 0.6 is 11.6 Å². The Bertz CT molecular complexity index is 674. The van der Waals surface area contributed by atoms with Crippen molar-refractivity contribution in [3.63, 3.8) is 0 Å². The molecule has 0 fully saturated rings. The Morgan fingerprint density at radius 1 is 1.55 bits per heavy atom. The maximum absolute atomic E-state index is 11.8. The molecular weight excluding hydrogens is 278 g/mol. The van der Waals surface area contributed by atoms with Gasteiger partial charge in [-0.15, -0.1) is 0 Å². The minimum atomic E-state index is -0.177. The quantitative estimate of drug-likeness (QED) is 0.842. The van der Waals surface area contributed by atoms with Gasteiger partial charge in [-0.2, -0.15) is 5.26 Å². The molecule has 1 amide bonds. The zero-order valence-electron chi connectivity index (χ0n) is 10.5. The number of carbonyl (C=O) groups is 1. The van der Waals surface area contributed by atoms with Gasteiger partial charge < -0.3 is 15.6 Å². The summed E-state index contributed by atoms with van der Waals surface area (Å²) in [5.41, 5.74) is 6.65. The summed E-state index contributed by atoms with van der Waals surface area (Å²) in [5, 5.41) is 12.0. The number of carbonyl (C=O) groups excluding carboxylic acids is 1. The fourth-order valence-corrected chi connectivity index (χ4v) is 1.79. The van der Waals surface area contributed by atoms with Gasteiger partial charge in [0.1, 0.15) is 6.07 Å². The lowest BCUT2D eigenvalue weighted by molar-refractivity contribution is -0.116. The van der Waals surface area contributed by atoms with E-state index >= 15 is 0 Å². The molecule has 0 aliphatic carbocycles. The Balaban J connectivity index is 1.93. The van der Waals surface area contributed by atoms with E-state index in [2.05, 4.69) is 10.3 Å². The van der Waals surface area contributed by atoms with Gasteiger partial charge in [-0.1, -0.05) is 11.6 Å². The second kappa shape index (κ2) is 6.08. The van der Waals surface area contributed by atoms with Gasteiger partial charge >= 0.3 is 0 Å². The molecule has 0 saturated heterocycles. The average Bonchev–Trinajstić information content (AvgIpc) is 2.88. The lowest BCUT2D eigenvalue weighted by Gasteiger charge is -2.07. The van der Waals surface area contributed by atoms with Gasteiger partial charge in [0.05, 0.1) is 10.7 Å². The van der Waals surface area contributed by atoms with Crippen molar-refractivity contribution in [3.8, 4) is 6.07 Å². The number of aromatic nitrogens is 2. The zero-order chi connectivity index (χ0) is 14.5. The number of anilines is 2. The molecule has 0 radical (unpaired) electrons. The van der Waals surface area contributed by atoms with Gasteiger partial charge in [0.25, 0.3) is 0 Å². The van der Waals surface area contributed by atoms with Crippen LogP contribution in [0.4, 0.5) is 11.4 Å². The van der Waals surface area contributed by atoms with Crippen LogP contribution < -0.4 is 11.1 Å². The zero-order valence-corrected chi connectivity index (χ0v) is 11.3. The molecule has 2 rings (SSSR count). The molecule has 1 aromatic carbocycles. The lowest BCUT2D eigenvalue weighted by Crippen LogP contribution is -2.15. The van der Waals surface area contributed by atoms with Crippen molar-refractivity contribution in [3.05, 3.63) is 41.4 Å². The van der Waals surface area contributed by atoms with Gasteiger partial charge in [0.2, 0.25) is 11.7 Å². The summed E-state index contributed by atoms with van der Waals surface area (Å²) in [6, 6.07) is 6.84. The minimum absolute atomic E-state index is 0.177. The van der Waals surface area contributed by atoms with Gasteiger partial charge in [0.15, 0.2) is 0 Å². The predicted octanol–water partition coefficient (Wildman–Crippen LogP) is 2.02. The highest BCUT2D eigenvalue weighted by Gasteiger charge is 2.06. The average molecular weight is 290 g/mol. The molecule has 1 heterocycles. The molecule has 0 aliphatic heterocycles. The van der Waals surface area contributed by atoms with Crippen molar-refractivity contribution in [2.24, 2.45) is 0 Å². The van der Waals surface area contributed by atoms with E-state index in [0.717, 1.165) is 0 Å². The highest BCUT2D eigenvalue weighted by atomic mass is 35.5. The normalized spacial score (nSPS) is 10.0. The molecule has 2 aromatic rings. The molecule has 0 atom stereocenters. The van der Waals surface area contributed by atoms with Gasteiger partial charge in [-0.3, -0.25) is 4.79 Å². The third-order valence-corrected chi connectivity index (χ3v) is 3.02. The number of nitrogens with zero attached hydrogens (tertiary/aromatic N) is 3. The number of halogens is 1. The van der Waals surface area contributed by atoms with E-state index in [1.54, 1.807) is 29.0 Å². The number of amides is 1. The first-order chi connectivity index (χ1) is 9.60. The monoisotopic (exact) mass is 289 g/mol. The Morgan fingerprint density at radius 2 is 2.35 bits per heavy atom. The fourth-order valence-electron chi connectivity index (χ4n) is 1.67. The van der Waals surface area contributed by atoms with E-state index in [1.807, 2.05) is 6.07 Å². The number of nitriles is 1. The van der Waals surface area contributed by atoms with Crippen molar-refractivity contribution in [1.82, 2.24) is 9.55 Å². The molecule has 7 heteroatoms. The van der Waals surface area contributed by atoms with Crippen molar-refractivity contribution < 1.29 is 4.79 Å². The third kappa shape index (κ3) is 3.28. The standard InChI is InChI=1S/C13H12ClN5O/c14-10-2-1-9(7-11(10)16)18-13(20)3-5-19-6-4-17-12(19)8-15/h1-2,4,6-7H,3,5,16H2,(H,18,20). The molecule has 3 N–H and O–H groups in total. The van der Waals surface area contributed by atoms with Crippen LogP contribution in [-0.4, -0.2) is 15.5 Å². The van der Waals surface area contributed by atoms with Gasteiger partial charge in [-0.05, 0) is 18.2 Å². The van der Waals surface area contributed by atoms with Gasteiger partial charge in [0, 0.05) is 31.0 Å². The molecule has 20 heavy (non-hydrogen) atoms. The Morgan fingerprint density at radius 3 is 3.05 bits per heavy atom. The van der Waals surface area contributed by atoms with Gasteiger partial charge in [-0.25, -0.2) is 4.98 Å². The molecular formula is C13H12ClN5O. The number of aryl methyl sites for hydroxylation is 1. The first kappa shape index (κ1) is 13.9. The van der Waals surface area contributed by atoms with E-state index in [9.17, 15) is 4.79 Å². The Hall–Kier alpha value is -2.52. The number of nitrogens with one attached hydrogen (secondary N) is 1. The minimum Gasteiger partial charge on any atom is -0.397 e. The number of nitrogen functional groups attached to an aromatic ring is 1. The fraction of sp³-hybridized carbons (Fsp3) is 0.154. The maximum atomic E-state index is 11.8. The summed E-state index contributed by atoms with van der Waals surface area (Å²) in [7, 11) is 0. The highest BCUT2D eigenvalue weighted by Crippen LogP contribution is 2.22. The summed E-state index contributed by atoms with van der Waals surface area (Å²) in [6.45, 7) is 0.387. The molecule has 0 aliphatic rings. The van der Waals surface area contributed by atoms with Crippen LogP contribution in [0.15, 0.2) is 30.6 Å². The van der Waals surface area contributed by atoms with Crippen LogP contribution in [0.25, 0.3) is 0 Å². The van der Waals surface area contributed by atoms with E-state index < -0.39 is 0 Å². The summed E-state index contributed by atoms with van der Waals surface area (Å²) in [6.07, 6.45) is 3.41. The largest absolute Gasteiger partial charge is 0.397 e. The van der Waals surface area contributed by atoms with Crippen molar-refractivity contribution >= 4 is 28.9 Å². The molecule has 0 spiro atoms. The summed E-state index contributed by atoms with van der Waals surface area (Å²) < 4.78 is 1.62. The van der Waals surface area contributed by atoms with E-state index in [1.165, 1.54) is 6.20 Å². The molecule has 0 bridgehead atoms. The number of hydrogen-bond acceptors (Lipinski definition) is 4. The number of imidazole rings is 1. The molecule has 0 saturated carbocycles. The van der Waals surface area contributed by atoms with Crippen LogP contribution in [0.2, 0.25) is 5.02 Å². The predicted molar refractivity (Wildman–Crippen MR) is 76.1 cm³/mol. The van der Waals surface area contributed by atoms with Crippen LogP contribution in [0, 0.1) is 11.3 Å². The van der Waals surface area contributed by atoms with Crippen molar-refractivity contribution in [2.75, 3.05) is 11.1 Å². The van der Waals surface area contributed by atoms with E-state index in [4.69, 9.17) is 22.6 Å². The Kier molecular flexibility index (Phi) is 4.23. The highest BCUT2D eigenvalue weighted by molar-refractivity contribution is 6.33. The van der Waals surface area contributed by atoms with Crippen LogP contribution in [0.5, 0.6) is 0 Å². The van der Waals surface area contributed by atoms with Crippen LogP contribution in [0.1, 0.15) is 12.2 Å². The van der Waals surface area contributed by atoms with Crippen molar-refractivity contribution in [2.45, 2.75) is 13.0 Å². The van der Waals surface area contributed by atoms with E-state index in [0.29, 0.717) is 22.9 Å². The second-order valence-corrected chi connectivity index (χ2v) is 4.50. The summed E-state index contributed by atoms with van der Waals surface area (Å²) in [5.74, 6) is 0.109. The molecule has 1 aromatic heterocycles. The number of rotatable bonds is 4. The topological polar surface area (TPSA) is 96.7 Å². The lowest BCUT2D eigenvalue weighted by atomic mass is 10.2. The van der Waals surface area contributed by atoms with Crippen LogP contribution in [-0.2, 0) is 11.3 Å². The number of benzene rings is 1. The van der Waals surface area contributed by atoms with Crippen LogP contribution in [0.3, 0.4) is 0 Å². The van der Waals surface area contributed by atoms with Crippen molar-refractivity contribution in [1.29, 1.82) is 5.26 Å². The first-order valence-electron chi connectivity index (χ1n) is 5.86.